The zero-order valence-electron chi connectivity index (χ0n) is 13.4. The van der Waals surface area contributed by atoms with Gasteiger partial charge in [0.2, 0.25) is 11.8 Å². The van der Waals surface area contributed by atoms with Crippen molar-refractivity contribution in [2.24, 2.45) is 5.73 Å². The summed E-state index contributed by atoms with van der Waals surface area (Å²) in [6.07, 6.45) is 2.16. The summed E-state index contributed by atoms with van der Waals surface area (Å²) in [7, 11) is 0. The molecule has 1 aromatic carbocycles. The summed E-state index contributed by atoms with van der Waals surface area (Å²) < 4.78 is 0. The minimum absolute atomic E-state index is 0.0626. The Hall–Kier alpha value is -1.30. The van der Waals surface area contributed by atoms with Crippen molar-refractivity contribution in [3.63, 3.8) is 0 Å². The molecule has 0 radical (unpaired) electrons. The molecule has 1 aromatic rings. The molecule has 128 valence electrons. The van der Waals surface area contributed by atoms with Crippen LogP contribution in [0.15, 0.2) is 18.2 Å². The number of benzene rings is 1. The Morgan fingerprint density at radius 2 is 1.96 bits per heavy atom. The predicted octanol–water partition coefficient (Wildman–Crippen LogP) is 3.30. The van der Waals surface area contributed by atoms with Crippen LogP contribution in [0.4, 0.5) is 5.69 Å². The molecule has 0 aliphatic heterocycles. The molecule has 23 heavy (non-hydrogen) atoms. The minimum Gasteiger partial charge on any atom is -0.332 e. The number of anilines is 1. The molecule has 1 unspecified atom stereocenters. The molecule has 0 spiro atoms. The average molecular weight is 360 g/mol. The third-order valence-electron chi connectivity index (χ3n) is 3.26. The molecule has 0 fully saturated rings. The van der Waals surface area contributed by atoms with Crippen LogP contribution in [0.5, 0.6) is 0 Å². The summed E-state index contributed by atoms with van der Waals surface area (Å²) in [6, 6.07) is 4.23. The number of carbonyl (C=O) groups is 2. The molecule has 0 heterocycles. The van der Waals surface area contributed by atoms with Gasteiger partial charge in [-0.2, -0.15) is 0 Å². The molecule has 1 atom stereocenters. The van der Waals surface area contributed by atoms with E-state index in [0.717, 1.165) is 12.8 Å². The van der Waals surface area contributed by atoms with E-state index in [1.165, 1.54) is 4.90 Å². The van der Waals surface area contributed by atoms with Gasteiger partial charge in [0.1, 0.15) is 0 Å². The van der Waals surface area contributed by atoms with Crippen LogP contribution in [-0.4, -0.2) is 35.8 Å². The first kappa shape index (κ1) is 19.7. The second-order valence-corrected chi connectivity index (χ2v) is 6.17. The molecule has 0 aliphatic rings. The standard InChI is InChI=1S/C16H23Cl2N3O2/c1-3-5-13(19)16(23)21(8-4-2)10-15(22)20-14-9-11(17)6-7-12(14)18/h6-7,9,13H,3-5,8,10,19H2,1-2H3,(H,20,22). The lowest BCUT2D eigenvalue weighted by Gasteiger charge is -2.24. The van der Waals surface area contributed by atoms with E-state index in [2.05, 4.69) is 5.32 Å². The Balaban J connectivity index is 2.74. The van der Waals surface area contributed by atoms with Crippen molar-refractivity contribution in [3.05, 3.63) is 28.2 Å². The number of carbonyl (C=O) groups excluding carboxylic acids is 2. The van der Waals surface area contributed by atoms with Gasteiger partial charge in [-0.05, 0) is 31.0 Å². The van der Waals surface area contributed by atoms with E-state index in [1.54, 1.807) is 18.2 Å². The highest BCUT2D eigenvalue weighted by Gasteiger charge is 2.22. The van der Waals surface area contributed by atoms with E-state index in [9.17, 15) is 9.59 Å². The Bertz CT molecular complexity index is 552. The molecule has 0 saturated heterocycles. The summed E-state index contributed by atoms with van der Waals surface area (Å²) in [5, 5.41) is 3.53. The van der Waals surface area contributed by atoms with Crippen molar-refractivity contribution in [1.82, 2.24) is 4.90 Å². The number of hydrogen-bond donors (Lipinski definition) is 2. The van der Waals surface area contributed by atoms with E-state index < -0.39 is 6.04 Å². The highest BCUT2D eigenvalue weighted by Crippen LogP contribution is 2.25. The first-order valence-electron chi connectivity index (χ1n) is 7.68. The summed E-state index contributed by atoms with van der Waals surface area (Å²) in [5.41, 5.74) is 6.29. The van der Waals surface area contributed by atoms with Crippen LogP contribution in [0.2, 0.25) is 10.0 Å². The molecule has 1 rings (SSSR count). The maximum absolute atomic E-state index is 12.3. The Kier molecular flexibility index (Phi) is 8.37. The van der Waals surface area contributed by atoms with Crippen molar-refractivity contribution >= 4 is 40.7 Å². The fourth-order valence-electron chi connectivity index (χ4n) is 2.16. The number of nitrogens with two attached hydrogens (primary N) is 1. The van der Waals surface area contributed by atoms with Gasteiger partial charge >= 0.3 is 0 Å². The second-order valence-electron chi connectivity index (χ2n) is 5.33. The van der Waals surface area contributed by atoms with E-state index in [4.69, 9.17) is 28.9 Å². The van der Waals surface area contributed by atoms with Crippen molar-refractivity contribution < 1.29 is 9.59 Å². The Labute approximate surface area is 147 Å². The third-order valence-corrected chi connectivity index (χ3v) is 3.82. The van der Waals surface area contributed by atoms with Crippen molar-refractivity contribution in [2.75, 3.05) is 18.4 Å². The minimum atomic E-state index is -0.575. The van der Waals surface area contributed by atoms with Crippen LogP contribution in [0.25, 0.3) is 0 Å². The van der Waals surface area contributed by atoms with Gasteiger partial charge < -0.3 is 16.0 Å². The average Bonchev–Trinajstić information content (AvgIpc) is 2.50. The molecular weight excluding hydrogens is 337 g/mol. The predicted molar refractivity (Wildman–Crippen MR) is 94.8 cm³/mol. The SMILES string of the molecule is CCCC(N)C(=O)N(CCC)CC(=O)Nc1cc(Cl)ccc1Cl. The van der Waals surface area contributed by atoms with Gasteiger partial charge in [0.05, 0.1) is 23.3 Å². The lowest BCUT2D eigenvalue weighted by Crippen LogP contribution is -2.47. The maximum Gasteiger partial charge on any atom is 0.244 e. The van der Waals surface area contributed by atoms with E-state index in [0.29, 0.717) is 28.7 Å². The fraction of sp³-hybridized carbons (Fsp3) is 0.500. The molecule has 7 heteroatoms. The van der Waals surface area contributed by atoms with E-state index >= 15 is 0 Å². The lowest BCUT2D eigenvalue weighted by atomic mass is 10.1. The zero-order valence-corrected chi connectivity index (χ0v) is 15.0. The van der Waals surface area contributed by atoms with Gasteiger partial charge in [0.25, 0.3) is 0 Å². The number of nitrogens with one attached hydrogen (secondary N) is 1. The highest BCUT2D eigenvalue weighted by molar-refractivity contribution is 6.35. The molecule has 0 bridgehead atoms. The second kappa shape index (κ2) is 9.75. The van der Waals surface area contributed by atoms with Crippen LogP contribution in [-0.2, 0) is 9.59 Å². The summed E-state index contributed by atoms with van der Waals surface area (Å²) >= 11 is 11.9. The Morgan fingerprint density at radius 1 is 1.26 bits per heavy atom. The third kappa shape index (κ3) is 6.37. The van der Waals surface area contributed by atoms with Crippen molar-refractivity contribution in [2.45, 2.75) is 39.2 Å². The summed E-state index contributed by atoms with van der Waals surface area (Å²) in [4.78, 5) is 26.0. The molecular formula is C16H23Cl2N3O2. The number of rotatable bonds is 8. The van der Waals surface area contributed by atoms with Gasteiger partial charge in [0, 0.05) is 11.6 Å². The monoisotopic (exact) mass is 359 g/mol. The van der Waals surface area contributed by atoms with E-state index in [1.807, 2.05) is 13.8 Å². The zero-order chi connectivity index (χ0) is 17.4. The van der Waals surface area contributed by atoms with Crippen molar-refractivity contribution in [1.29, 1.82) is 0 Å². The topological polar surface area (TPSA) is 75.4 Å². The fourth-order valence-corrected chi connectivity index (χ4v) is 2.50. The van der Waals surface area contributed by atoms with Gasteiger partial charge in [-0.1, -0.05) is 43.5 Å². The maximum atomic E-state index is 12.3. The Morgan fingerprint density at radius 3 is 2.57 bits per heavy atom. The lowest BCUT2D eigenvalue weighted by molar-refractivity contribution is -0.136. The van der Waals surface area contributed by atoms with Crippen LogP contribution in [0, 0.1) is 0 Å². The van der Waals surface area contributed by atoms with Crippen molar-refractivity contribution in [3.8, 4) is 0 Å². The molecule has 0 saturated carbocycles. The largest absolute Gasteiger partial charge is 0.332 e. The van der Waals surface area contributed by atoms with Crippen LogP contribution >= 0.6 is 23.2 Å². The van der Waals surface area contributed by atoms with Gasteiger partial charge in [0.15, 0.2) is 0 Å². The van der Waals surface area contributed by atoms with E-state index in [-0.39, 0.29) is 18.4 Å². The van der Waals surface area contributed by atoms with Gasteiger partial charge in [-0.25, -0.2) is 0 Å². The first-order chi connectivity index (χ1) is 10.9. The van der Waals surface area contributed by atoms with Crippen LogP contribution in [0.1, 0.15) is 33.1 Å². The number of amides is 2. The first-order valence-corrected chi connectivity index (χ1v) is 8.43. The van der Waals surface area contributed by atoms with Gasteiger partial charge in [-0.15, -0.1) is 0 Å². The molecule has 0 aromatic heterocycles. The molecule has 3 N–H and O–H groups in total. The summed E-state index contributed by atoms with van der Waals surface area (Å²) in [6.45, 7) is 4.32. The van der Waals surface area contributed by atoms with Crippen LogP contribution < -0.4 is 11.1 Å². The number of halogens is 2. The normalized spacial score (nSPS) is 11.9. The van der Waals surface area contributed by atoms with Crippen LogP contribution in [0.3, 0.4) is 0 Å². The molecule has 0 aliphatic carbocycles. The molecule has 5 nitrogen and oxygen atoms in total. The smallest absolute Gasteiger partial charge is 0.244 e. The van der Waals surface area contributed by atoms with Gasteiger partial charge in [-0.3, -0.25) is 9.59 Å². The quantitative estimate of drug-likeness (QED) is 0.747. The highest BCUT2D eigenvalue weighted by atomic mass is 35.5. The summed E-state index contributed by atoms with van der Waals surface area (Å²) in [5.74, 6) is -0.541. The number of hydrogen-bond acceptors (Lipinski definition) is 3. The molecule has 2 amide bonds. The number of nitrogens with zero attached hydrogens (tertiary/aromatic N) is 1.